The van der Waals surface area contributed by atoms with E-state index in [0.717, 1.165) is 60.1 Å². The number of nitrogens with zero attached hydrogens (tertiary/aromatic N) is 3. The van der Waals surface area contributed by atoms with Crippen LogP contribution in [0.2, 0.25) is 5.02 Å². The van der Waals surface area contributed by atoms with Crippen LogP contribution in [0.3, 0.4) is 0 Å². The zero-order chi connectivity index (χ0) is 16.7. The molecule has 0 atom stereocenters. The summed E-state index contributed by atoms with van der Waals surface area (Å²) in [5, 5.41) is 6.23. The third kappa shape index (κ3) is 2.65. The third-order valence-electron chi connectivity index (χ3n) is 4.87. The summed E-state index contributed by atoms with van der Waals surface area (Å²) in [4.78, 5) is 14.5. The van der Waals surface area contributed by atoms with Gasteiger partial charge in [0.1, 0.15) is 11.5 Å². The Labute approximate surface area is 145 Å². The molecule has 1 aliphatic rings. The molecule has 4 heterocycles. The monoisotopic (exact) mass is 344 g/mol. The average Bonchev–Trinajstić information content (AvgIpc) is 2.96. The lowest BCUT2D eigenvalue weighted by Crippen LogP contribution is -2.39. The lowest BCUT2D eigenvalue weighted by molar-refractivity contribution is 0.229. The second kappa shape index (κ2) is 6.11. The van der Waals surface area contributed by atoms with Crippen molar-refractivity contribution >= 4 is 45.0 Å². The number of aromatic nitrogens is 3. The van der Waals surface area contributed by atoms with Crippen LogP contribution in [0, 0.1) is 0 Å². The van der Waals surface area contributed by atoms with Gasteiger partial charge in [-0.05, 0) is 25.5 Å². The number of hydrogen-bond acceptors (Lipinski definition) is 5. The highest BCUT2D eigenvalue weighted by atomic mass is 35.5. The average molecular weight is 345 g/mol. The number of pyridine rings is 2. The van der Waals surface area contributed by atoms with Gasteiger partial charge >= 0.3 is 0 Å². The number of nitrogens with two attached hydrogens (primary N) is 1. The van der Waals surface area contributed by atoms with Crippen molar-refractivity contribution in [3.8, 4) is 0 Å². The molecule has 0 unspecified atom stereocenters. The van der Waals surface area contributed by atoms with Crippen LogP contribution in [0.4, 0.5) is 11.5 Å². The van der Waals surface area contributed by atoms with Gasteiger partial charge in [-0.1, -0.05) is 18.5 Å². The predicted molar refractivity (Wildman–Crippen MR) is 99.6 cm³/mol. The second-order valence-electron chi connectivity index (χ2n) is 6.33. The number of aromatic amines is 1. The zero-order valence-electron chi connectivity index (χ0n) is 13.6. The number of nitrogen functional groups attached to an aromatic ring is 1. The summed E-state index contributed by atoms with van der Waals surface area (Å²) in [7, 11) is 0. The number of H-pyrrole nitrogens is 1. The molecule has 1 saturated heterocycles. The molecular weight excluding hydrogens is 324 g/mol. The van der Waals surface area contributed by atoms with Crippen LogP contribution in [0.15, 0.2) is 18.5 Å². The molecule has 0 bridgehead atoms. The maximum Gasteiger partial charge on any atom is 0.147 e. The topological polar surface area (TPSA) is 82.9 Å². The first-order valence-electron chi connectivity index (χ1n) is 8.36. The van der Waals surface area contributed by atoms with E-state index in [4.69, 9.17) is 17.3 Å². The molecule has 0 aromatic carbocycles. The molecule has 3 aromatic rings. The van der Waals surface area contributed by atoms with Gasteiger partial charge in [0.2, 0.25) is 0 Å². The molecule has 0 spiro atoms. The fourth-order valence-corrected chi connectivity index (χ4v) is 3.66. The molecule has 4 N–H and O–H groups in total. The molecule has 3 aromatic heterocycles. The third-order valence-corrected chi connectivity index (χ3v) is 5.07. The lowest BCUT2D eigenvalue weighted by atomic mass is 10.0. The van der Waals surface area contributed by atoms with E-state index in [1.165, 1.54) is 0 Å². The first-order valence-corrected chi connectivity index (χ1v) is 8.73. The molecule has 4 rings (SSSR count). The van der Waals surface area contributed by atoms with Gasteiger partial charge in [0, 0.05) is 36.1 Å². The zero-order valence-corrected chi connectivity index (χ0v) is 14.4. The van der Waals surface area contributed by atoms with Gasteiger partial charge in [0.15, 0.2) is 0 Å². The van der Waals surface area contributed by atoms with Gasteiger partial charge in [-0.3, -0.25) is 0 Å². The van der Waals surface area contributed by atoms with Gasteiger partial charge in [-0.2, -0.15) is 0 Å². The predicted octanol–water partition coefficient (Wildman–Crippen LogP) is 3.24. The van der Waals surface area contributed by atoms with E-state index in [1.54, 1.807) is 12.4 Å². The van der Waals surface area contributed by atoms with Crippen LogP contribution < -0.4 is 11.1 Å². The van der Waals surface area contributed by atoms with Crippen molar-refractivity contribution in [3.05, 3.63) is 23.5 Å². The van der Waals surface area contributed by atoms with Crippen molar-refractivity contribution < 1.29 is 0 Å². The smallest absolute Gasteiger partial charge is 0.147 e. The molecule has 24 heavy (non-hydrogen) atoms. The van der Waals surface area contributed by atoms with E-state index in [9.17, 15) is 0 Å². The Bertz CT molecular complexity index is 882. The Kier molecular flexibility index (Phi) is 3.94. The maximum atomic E-state index is 6.19. The minimum atomic E-state index is 0.402. The van der Waals surface area contributed by atoms with Gasteiger partial charge in [-0.15, -0.1) is 0 Å². The quantitative estimate of drug-likeness (QED) is 0.679. The number of halogens is 1. The van der Waals surface area contributed by atoms with E-state index in [2.05, 4.69) is 32.1 Å². The van der Waals surface area contributed by atoms with E-state index < -0.39 is 0 Å². The van der Waals surface area contributed by atoms with Crippen molar-refractivity contribution in [1.82, 2.24) is 19.9 Å². The summed E-state index contributed by atoms with van der Waals surface area (Å²) in [6.07, 6.45) is 5.60. The Morgan fingerprint density at radius 2 is 2.12 bits per heavy atom. The largest absolute Gasteiger partial charge is 0.382 e. The van der Waals surface area contributed by atoms with E-state index >= 15 is 0 Å². The van der Waals surface area contributed by atoms with Gasteiger partial charge in [0.25, 0.3) is 0 Å². The first-order chi connectivity index (χ1) is 11.7. The van der Waals surface area contributed by atoms with Gasteiger partial charge in [0.05, 0.1) is 22.4 Å². The van der Waals surface area contributed by atoms with Crippen molar-refractivity contribution in [2.75, 3.05) is 30.7 Å². The summed E-state index contributed by atoms with van der Waals surface area (Å²) in [5.74, 6) is 0.515. The minimum absolute atomic E-state index is 0.402. The summed E-state index contributed by atoms with van der Waals surface area (Å²) < 4.78 is 0. The van der Waals surface area contributed by atoms with Crippen LogP contribution in [-0.2, 0) is 0 Å². The summed E-state index contributed by atoms with van der Waals surface area (Å²) in [6.45, 7) is 5.54. The minimum Gasteiger partial charge on any atom is -0.382 e. The fraction of sp³-hybridized carbons (Fsp3) is 0.412. The molecular formula is C17H21ClN6. The summed E-state index contributed by atoms with van der Waals surface area (Å²) in [6, 6.07) is 2.33. The van der Waals surface area contributed by atoms with Crippen molar-refractivity contribution in [2.45, 2.75) is 25.8 Å². The SMILES string of the molecule is CCN1CCC(Nc2c(N)ncc3[nH]c4ncc(Cl)cc4c23)CC1. The molecule has 0 radical (unpaired) electrons. The number of piperidine rings is 1. The Morgan fingerprint density at radius 1 is 1.33 bits per heavy atom. The van der Waals surface area contributed by atoms with Crippen LogP contribution >= 0.6 is 11.6 Å². The molecule has 1 aliphatic heterocycles. The van der Waals surface area contributed by atoms with Crippen molar-refractivity contribution in [2.24, 2.45) is 0 Å². The molecule has 6 nitrogen and oxygen atoms in total. The molecule has 0 amide bonds. The Balaban J connectivity index is 1.75. The molecule has 7 heteroatoms. The van der Waals surface area contributed by atoms with Crippen molar-refractivity contribution in [3.63, 3.8) is 0 Å². The van der Waals surface area contributed by atoms with Crippen LogP contribution in [-0.4, -0.2) is 45.5 Å². The van der Waals surface area contributed by atoms with Gasteiger partial charge in [-0.25, -0.2) is 9.97 Å². The highest BCUT2D eigenvalue weighted by Crippen LogP contribution is 2.35. The Hall–Kier alpha value is -2.05. The lowest BCUT2D eigenvalue weighted by Gasteiger charge is -2.32. The van der Waals surface area contributed by atoms with E-state index in [0.29, 0.717) is 16.9 Å². The van der Waals surface area contributed by atoms with Crippen LogP contribution in [0.25, 0.3) is 21.9 Å². The van der Waals surface area contributed by atoms with E-state index in [1.807, 2.05) is 6.07 Å². The number of fused-ring (bicyclic) bond motifs is 3. The summed E-state index contributed by atoms with van der Waals surface area (Å²) >= 11 is 6.14. The van der Waals surface area contributed by atoms with Crippen molar-refractivity contribution in [1.29, 1.82) is 0 Å². The molecule has 0 aliphatic carbocycles. The number of anilines is 2. The molecule has 126 valence electrons. The van der Waals surface area contributed by atoms with E-state index in [-0.39, 0.29) is 0 Å². The summed E-state index contributed by atoms with van der Waals surface area (Å²) in [5.41, 5.74) is 8.80. The van der Waals surface area contributed by atoms with Crippen LogP contribution in [0.5, 0.6) is 0 Å². The standard InChI is InChI=1S/C17H21ClN6/c1-2-24-5-3-11(4-6-24)22-15-14-12-7-10(18)8-21-17(12)23-13(14)9-20-16(15)19/h7-9,11,22H,2-6H2,1H3,(H2,19,20)(H,21,23). The number of likely N-dealkylation sites (tertiary alicyclic amines) is 1. The van der Waals surface area contributed by atoms with Crippen LogP contribution in [0.1, 0.15) is 19.8 Å². The maximum absolute atomic E-state index is 6.19. The number of nitrogens with one attached hydrogen (secondary N) is 2. The molecule has 1 fully saturated rings. The number of hydrogen-bond donors (Lipinski definition) is 3. The second-order valence-corrected chi connectivity index (χ2v) is 6.77. The highest BCUT2D eigenvalue weighted by Gasteiger charge is 2.21. The highest BCUT2D eigenvalue weighted by molar-refractivity contribution is 6.31. The molecule has 0 saturated carbocycles. The number of rotatable bonds is 3. The van der Waals surface area contributed by atoms with Gasteiger partial charge < -0.3 is 20.9 Å². The Morgan fingerprint density at radius 3 is 2.88 bits per heavy atom. The fourth-order valence-electron chi connectivity index (χ4n) is 3.50. The first kappa shape index (κ1) is 15.5. The normalized spacial score (nSPS) is 16.9.